The molecule has 0 saturated carbocycles. The fourth-order valence-corrected chi connectivity index (χ4v) is 10.8. The van der Waals surface area contributed by atoms with Crippen LogP contribution < -0.4 is 0 Å². The number of hydrogen-bond acceptors (Lipinski definition) is 2. The van der Waals surface area contributed by atoms with Gasteiger partial charge in [-0.1, -0.05) is 296 Å². The second-order valence-electron chi connectivity index (χ2n) is 20.0. The number of hydrogen-bond donors (Lipinski definition) is 0. The number of furan rings is 1. The van der Waals surface area contributed by atoms with Crippen molar-refractivity contribution in [2.75, 3.05) is 0 Å². The molecule has 2 heterocycles. The lowest BCUT2D eigenvalue weighted by Gasteiger charge is -2.09. The van der Waals surface area contributed by atoms with Crippen LogP contribution >= 0.6 is 11.3 Å². The number of rotatable bonds is 4. The number of aryl methyl sites for hydroxylation is 6. The lowest BCUT2D eigenvalue weighted by molar-refractivity contribution is 0.666. The van der Waals surface area contributed by atoms with Gasteiger partial charge in [0.15, 0.2) is 0 Å². The Morgan fingerprint density at radius 3 is 1.19 bits per heavy atom. The average Bonchev–Trinajstić information content (AvgIpc) is 4.10. The van der Waals surface area contributed by atoms with Gasteiger partial charge in [0.1, 0.15) is 11.2 Å². The average molecular weight is 1050 g/mol. The number of fused-ring (bicyclic) bond motifs is 6. The van der Waals surface area contributed by atoms with E-state index in [0.717, 1.165) is 11.2 Å². The maximum absolute atomic E-state index is 5.78. The summed E-state index contributed by atoms with van der Waals surface area (Å²) in [7, 11) is 0. The van der Waals surface area contributed by atoms with Crippen molar-refractivity contribution in [3.05, 3.63) is 337 Å². The summed E-state index contributed by atoms with van der Waals surface area (Å²) in [5, 5.41) is 5.19. The predicted molar refractivity (Wildman–Crippen MR) is 349 cm³/mol. The van der Waals surface area contributed by atoms with E-state index in [2.05, 4.69) is 290 Å². The molecule has 0 bridgehead atoms. The van der Waals surface area contributed by atoms with Gasteiger partial charge in [-0.25, -0.2) is 0 Å². The second-order valence-corrected chi connectivity index (χ2v) is 21.0. The van der Waals surface area contributed by atoms with Crippen LogP contribution in [0, 0.1) is 41.5 Å². The molecule has 0 fully saturated rings. The molecule has 0 atom stereocenters. The molecule has 0 radical (unpaired) electrons. The summed E-state index contributed by atoms with van der Waals surface area (Å²) >= 11 is 1.89. The summed E-state index contributed by atoms with van der Waals surface area (Å²) in [5.41, 5.74) is 20.0. The van der Waals surface area contributed by atoms with Gasteiger partial charge in [-0.3, -0.25) is 0 Å². The molecule has 1 nitrogen and oxygen atoms in total. The van der Waals surface area contributed by atoms with Gasteiger partial charge in [0.25, 0.3) is 0 Å². The third-order valence-corrected chi connectivity index (χ3v) is 15.1. The predicted octanol–water partition coefficient (Wildman–Crippen LogP) is 22.9. The van der Waals surface area contributed by atoms with E-state index in [1.165, 1.54) is 109 Å². The molecule has 0 saturated heterocycles. The zero-order valence-electron chi connectivity index (χ0n) is 46.7. The Morgan fingerprint density at radius 1 is 0.250 bits per heavy atom. The van der Waals surface area contributed by atoms with Gasteiger partial charge >= 0.3 is 0 Å². The zero-order chi connectivity index (χ0) is 55.5. The highest BCUT2D eigenvalue weighted by Crippen LogP contribution is 2.36. The zero-order valence-corrected chi connectivity index (χ0v) is 47.5. The Labute approximate surface area is 477 Å². The lowest BCUT2D eigenvalue weighted by atomic mass is 9.96. The fraction of sp³-hybridized carbons (Fsp3) is 0.0769. The number of para-hydroxylation sites is 2. The first kappa shape index (κ1) is 55.4. The topological polar surface area (TPSA) is 13.1 Å². The van der Waals surface area contributed by atoms with Crippen LogP contribution in [0.2, 0.25) is 0 Å². The highest BCUT2D eigenvalue weighted by molar-refractivity contribution is 7.26. The van der Waals surface area contributed by atoms with Gasteiger partial charge in [-0.2, -0.15) is 0 Å². The summed E-state index contributed by atoms with van der Waals surface area (Å²) in [4.78, 5) is 0. The molecule has 392 valence electrons. The maximum Gasteiger partial charge on any atom is 0.138 e. The Morgan fingerprint density at radius 2 is 0.675 bits per heavy atom. The van der Waals surface area contributed by atoms with Crippen LogP contribution in [0.3, 0.4) is 0 Å². The van der Waals surface area contributed by atoms with Crippen LogP contribution in [0.5, 0.6) is 0 Å². The van der Waals surface area contributed by atoms with E-state index in [-0.39, 0.29) is 0 Å². The molecule has 0 amide bonds. The van der Waals surface area contributed by atoms with Crippen LogP contribution in [-0.4, -0.2) is 0 Å². The Bertz CT molecular complexity index is 3940. The minimum Gasteiger partial charge on any atom is -0.456 e. The minimum atomic E-state index is 0.969. The van der Waals surface area contributed by atoms with Crippen molar-refractivity contribution < 1.29 is 4.42 Å². The molecule has 0 aliphatic rings. The monoisotopic (exact) mass is 1050 g/mol. The van der Waals surface area contributed by atoms with E-state index < -0.39 is 0 Å². The molecule has 0 unspecified atom stereocenters. The second kappa shape index (κ2) is 27.8. The molecular formula is C78H68OS. The minimum absolute atomic E-state index is 0.969. The molecule has 80 heavy (non-hydrogen) atoms. The van der Waals surface area contributed by atoms with Gasteiger partial charge < -0.3 is 4.42 Å². The van der Waals surface area contributed by atoms with Gasteiger partial charge in [0, 0.05) is 30.9 Å². The first-order valence-corrected chi connectivity index (χ1v) is 28.2. The maximum atomic E-state index is 5.78. The van der Waals surface area contributed by atoms with E-state index in [9.17, 15) is 0 Å². The molecule has 12 aromatic carbocycles. The summed E-state index contributed by atoms with van der Waals surface area (Å²) in [6.07, 6.45) is 0. The van der Waals surface area contributed by atoms with Crippen LogP contribution in [0.25, 0.3) is 86.6 Å². The molecule has 0 spiro atoms. The summed E-state index contributed by atoms with van der Waals surface area (Å²) in [6, 6.07) is 106. The number of thiophene rings is 1. The smallest absolute Gasteiger partial charge is 0.138 e. The van der Waals surface area contributed by atoms with Crippen LogP contribution in [0.1, 0.15) is 33.4 Å². The van der Waals surface area contributed by atoms with Crippen LogP contribution in [-0.2, 0) is 0 Å². The Balaban J connectivity index is 0.000000120. The standard InChI is InChI=1S/2C19H16.C13H10O.C13H10S.2C7H8/c1-15-12-18(16-8-4-2-5-9-16)14-19(13-15)17-10-6-3-7-11-17;1-15-14-18(16-8-4-2-5-9-16)12-13-19(15)17-10-6-3-7-11-17;2*1-9-5-4-7-11-10-6-2-3-8-12(10)14-13(9)11;2*1-7-5-3-2-4-6-7/h2*2-14H,1H3;2*2-8H,1H3;2*2-6H,1H3. The largest absolute Gasteiger partial charge is 0.456 e. The summed E-state index contributed by atoms with van der Waals surface area (Å²) in [5.74, 6) is 0. The Hall–Kier alpha value is -9.34. The molecule has 2 aromatic heterocycles. The van der Waals surface area contributed by atoms with E-state index in [0.29, 0.717) is 0 Å². The van der Waals surface area contributed by atoms with E-state index in [4.69, 9.17) is 4.42 Å². The van der Waals surface area contributed by atoms with Gasteiger partial charge in [-0.15, -0.1) is 11.3 Å². The molecule has 2 heteroatoms. The van der Waals surface area contributed by atoms with Crippen molar-refractivity contribution >= 4 is 53.4 Å². The van der Waals surface area contributed by atoms with Gasteiger partial charge in [0.05, 0.1) is 0 Å². The first-order chi connectivity index (χ1) is 39.2. The van der Waals surface area contributed by atoms with E-state index in [1.807, 2.05) is 65.9 Å². The first-order valence-electron chi connectivity index (χ1n) is 27.4. The molecule has 0 aliphatic heterocycles. The summed E-state index contributed by atoms with van der Waals surface area (Å²) < 4.78 is 8.59. The molecule has 14 rings (SSSR count). The van der Waals surface area contributed by atoms with Gasteiger partial charge in [0.2, 0.25) is 0 Å². The normalized spacial score (nSPS) is 10.4. The quantitative estimate of drug-likeness (QED) is 0.171. The third-order valence-electron chi connectivity index (χ3n) is 13.8. The highest BCUT2D eigenvalue weighted by atomic mass is 32.1. The SMILES string of the molecule is Cc1cc(-c2ccccc2)cc(-c2ccccc2)c1.Cc1cc(-c2ccccc2)ccc1-c1ccccc1.Cc1cccc2c1oc1ccccc12.Cc1cccc2c1sc1ccccc12.Cc1ccccc1.Cc1ccccc1. The third kappa shape index (κ3) is 14.8. The molecule has 0 aliphatic carbocycles. The molecule has 14 aromatic rings. The molecular weight excluding hydrogens is 985 g/mol. The van der Waals surface area contributed by atoms with Crippen molar-refractivity contribution in [2.24, 2.45) is 0 Å². The van der Waals surface area contributed by atoms with Crippen LogP contribution in [0.15, 0.2) is 308 Å². The molecule has 0 N–H and O–H groups in total. The van der Waals surface area contributed by atoms with E-state index >= 15 is 0 Å². The van der Waals surface area contributed by atoms with Crippen molar-refractivity contribution in [2.45, 2.75) is 41.5 Å². The fourth-order valence-electron chi connectivity index (χ4n) is 9.64. The number of benzene rings is 12. The van der Waals surface area contributed by atoms with Gasteiger partial charge in [-0.05, 0) is 127 Å². The van der Waals surface area contributed by atoms with Crippen LogP contribution in [0.4, 0.5) is 0 Å². The Kier molecular flexibility index (Phi) is 19.3. The highest BCUT2D eigenvalue weighted by Gasteiger charge is 2.08. The van der Waals surface area contributed by atoms with Crippen molar-refractivity contribution in [3.8, 4) is 44.5 Å². The van der Waals surface area contributed by atoms with E-state index in [1.54, 1.807) is 0 Å². The van der Waals surface area contributed by atoms with Crippen molar-refractivity contribution in [1.82, 2.24) is 0 Å². The lowest BCUT2D eigenvalue weighted by Crippen LogP contribution is -1.85. The summed E-state index contributed by atoms with van der Waals surface area (Å²) in [6.45, 7) is 12.7. The van der Waals surface area contributed by atoms with Crippen molar-refractivity contribution in [3.63, 3.8) is 0 Å². The van der Waals surface area contributed by atoms with Crippen molar-refractivity contribution in [1.29, 1.82) is 0 Å².